The number of rotatable bonds is 6. The highest BCUT2D eigenvalue weighted by molar-refractivity contribution is 9.09. The summed E-state index contributed by atoms with van der Waals surface area (Å²) in [5.74, 6) is 0.225. The van der Waals surface area contributed by atoms with E-state index in [4.69, 9.17) is 5.73 Å². The fraction of sp³-hybridized carbons (Fsp3) is 0.364. The number of halogens is 1. The topological polar surface area (TPSA) is 60.2 Å². The van der Waals surface area contributed by atoms with E-state index in [2.05, 4.69) is 29.8 Å². The second-order valence-electron chi connectivity index (χ2n) is 6.98. The molecule has 26 heavy (non-hydrogen) atoms. The van der Waals surface area contributed by atoms with Crippen LogP contribution in [0.4, 0.5) is 5.69 Å². The molecule has 2 aromatic rings. The van der Waals surface area contributed by atoms with Crippen molar-refractivity contribution in [3.63, 3.8) is 0 Å². The van der Waals surface area contributed by atoms with Gasteiger partial charge in [-0.15, -0.1) is 0 Å². The molecular weight excluding hydrogens is 390 g/mol. The summed E-state index contributed by atoms with van der Waals surface area (Å²) in [5, 5.41) is 0. The van der Waals surface area contributed by atoms with Gasteiger partial charge in [-0.2, -0.15) is 0 Å². The Morgan fingerprint density at radius 2 is 1.58 bits per heavy atom. The van der Waals surface area contributed by atoms with Gasteiger partial charge in [0.1, 0.15) is 0 Å². The Morgan fingerprint density at radius 1 is 0.923 bits per heavy atom. The first-order valence-corrected chi connectivity index (χ1v) is 10.1. The van der Waals surface area contributed by atoms with Gasteiger partial charge in [0.15, 0.2) is 11.6 Å². The van der Waals surface area contributed by atoms with E-state index in [1.807, 2.05) is 6.07 Å². The molecule has 0 fully saturated rings. The molecule has 0 saturated carbocycles. The molecule has 0 heterocycles. The fourth-order valence-corrected chi connectivity index (χ4v) is 4.20. The molecule has 0 bridgehead atoms. The molecule has 2 N–H and O–H groups in total. The largest absolute Gasteiger partial charge is 0.398 e. The van der Waals surface area contributed by atoms with Gasteiger partial charge in [-0.05, 0) is 36.8 Å². The first-order valence-electron chi connectivity index (χ1n) is 9.21. The van der Waals surface area contributed by atoms with E-state index in [0.717, 1.165) is 31.2 Å². The highest BCUT2D eigenvalue weighted by atomic mass is 79.9. The van der Waals surface area contributed by atoms with Crippen LogP contribution in [0.1, 0.15) is 70.5 Å². The van der Waals surface area contributed by atoms with Gasteiger partial charge in [-0.1, -0.05) is 66.5 Å². The molecule has 136 valence electrons. The normalized spacial score (nSPS) is 15.3. The van der Waals surface area contributed by atoms with E-state index in [1.165, 1.54) is 0 Å². The minimum atomic E-state index is -0.144. The molecule has 1 aliphatic carbocycles. The van der Waals surface area contributed by atoms with Gasteiger partial charge in [-0.3, -0.25) is 9.59 Å². The summed E-state index contributed by atoms with van der Waals surface area (Å²) in [4.78, 5) is 26.2. The number of carbonyl (C=O) groups excluding carboxylic acids is 2. The van der Waals surface area contributed by atoms with Crippen molar-refractivity contribution in [2.75, 3.05) is 5.73 Å². The Bertz CT molecular complexity index is 859. The molecule has 2 atom stereocenters. The summed E-state index contributed by atoms with van der Waals surface area (Å²) >= 11 is 3.72. The summed E-state index contributed by atoms with van der Waals surface area (Å²) in [5.41, 5.74) is 9.55. The number of alkyl halides is 1. The summed E-state index contributed by atoms with van der Waals surface area (Å²) in [6.45, 7) is 4.35. The molecule has 0 radical (unpaired) electrons. The lowest BCUT2D eigenvalue weighted by Gasteiger charge is -2.23. The van der Waals surface area contributed by atoms with Crippen LogP contribution in [0.25, 0.3) is 0 Å². The predicted octanol–water partition coefficient (Wildman–Crippen LogP) is 5.18. The lowest BCUT2D eigenvalue weighted by atomic mass is 9.81. The lowest BCUT2D eigenvalue weighted by Crippen LogP contribution is -2.23. The molecule has 3 nitrogen and oxygen atoms in total. The average molecular weight is 414 g/mol. The second kappa shape index (κ2) is 7.75. The van der Waals surface area contributed by atoms with Crippen LogP contribution in [0.2, 0.25) is 0 Å². The van der Waals surface area contributed by atoms with Crippen molar-refractivity contribution in [2.45, 2.75) is 44.4 Å². The molecule has 0 spiro atoms. The van der Waals surface area contributed by atoms with Gasteiger partial charge in [0.2, 0.25) is 0 Å². The number of fused-ring (bicyclic) bond motifs is 2. The van der Waals surface area contributed by atoms with Gasteiger partial charge < -0.3 is 5.73 Å². The Labute approximate surface area is 163 Å². The second-order valence-corrected chi connectivity index (χ2v) is 8.28. The van der Waals surface area contributed by atoms with Crippen LogP contribution in [0.3, 0.4) is 0 Å². The molecule has 3 rings (SSSR count). The van der Waals surface area contributed by atoms with Crippen LogP contribution in [-0.4, -0.2) is 16.4 Å². The SMILES string of the molecule is CCC(Br)CC(CC)Cc1ccc2c(c1N)C(=O)c1ccccc1C2=O. The van der Waals surface area contributed by atoms with E-state index in [0.29, 0.717) is 38.7 Å². The van der Waals surface area contributed by atoms with Crippen LogP contribution < -0.4 is 5.73 Å². The molecule has 0 amide bonds. The first kappa shape index (κ1) is 18.8. The van der Waals surface area contributed by atoms with Crippen LogP contribution in [0.5, 0.6) is 0 Å². The summed E-state index contributed by atoms with van der Waals surface area (Å²) < 4.78 is 0. The van der Waals surface area contributed by atoms with E-state index in [-0.39, 0.29) is 11.6 Å². The van der Waals surface area contributed by atoms with E-state index < -0.39 is 0 Å². The van der Waals surface area contributed by atoms with Crippen LogP contribution in [0.15, 0.2) is 36.4 Å². The Morgan fingerprint density at radius 3 is 2.19 bits per heavy atom. The molecule has 2 aromatic carbocycles. The van der Waals surface area contributed by atoms with E-state index in [9.17, 15) is 9.59 Å². The minimum absolute atomic E-state index is 0.119. The number of hydrogen-bond acceptors (Lipinski definition) is 3. The zero-order chi connectivity index (χ0) is 18.8. The first-order chi connectivity index (χ1) is 12.5. The molecule has 4 heteroatoms. The quantitative estimate of drug-likeness (QED) is 0.447. The van der Waals surface area contributed by atoms with Gasteiger partial charge in [0, 0.05) is 27.2 Å². The zero-order valence-corrected chi connectivity index (χ0v) is 16.8. The fourth-order valence-electron chi connectivity index (χ4n) is 3.67. The smallest absolute Gasteiger partial charge is 0.196 e. The molecule has 0 aliphatic heterocycles. The van der Waals surface area contributed by atoms with Gasteiger partial charge in [0.25, 0.3) is 0 Å². The number of nitrogen functional groups attached to an aromatic ring is 1. The van der Waals surface area contributed by atoms with Crippen molar-refractivity contribution in [3.8, 4) is 0 Å². The third-order valence-corrected chi connectivity index (χ3v) is 6.36. The standard InChI is InChI=1S/C22H24BrNO2/c1-3-13(12-15(23)4-2)11-14-9-10-18-19(20(14)24)22(26)17-8-6-5-7-16(17)21(18)25/h5-10,13,15H,3-4,11-12,24H2,1-2H3. The van der Waals surface area contributed by atoms with Gasteiger partial charge in [-0.25, -0.2) is 0 Å². The van der Waals surface area contributed by atoms with E-state index >= 15 is 0 Å². The Balaban J connectivity index is 1.98. The number of carbonyl (C=O) groups is 2. The van der Waals surface area contributed by atoms with Crippen LogP contribution in [-0.2, 0) is 6.42 Å². The van der Waals surface area contributed by atoms with Crippen LogP contribution >= 0.6 is 15.9 Å². The number of anilines is 1. The highest BCUT2D eigenvalue weighted by Crippen LogP contribution is 2.34. The van der Waals surface area contributed by atoms with Crippen molar-refractivity contribution in [1.29, 1.82) is 0 Å². The average Bonchev–Trinajstić information content (AvgIpc) is 2.66. The van der Waals surface area contributed by atoms with Gasteiger partial charge in [0.05, 0.1) is 5.56 Å². The third kappa shape index (κ3) is 3.35. The lowest BCUT2D eigenvalue weighted by molar-refractivity contribution is 0.0979. The number of ketones is 2. The van der Waals surface area contributed by atoms with Crippen molar-refractivity contribution in [3.05, 3.63) is 64.2 Å². The number of nitrogens with two attached hydrogens (primary N) is 1. The molecular formula is C22H24BrNO2. The maximum absolute atomic E-state index is 13.0. The summed E-state index contributed by atoms with van der Waals surface area (Å²) in [7, 11) is 0. The monoisotopic (exact) mass is 413 g/mol. The Kier molecular flexibility index (Phi) is 5.61. The molecule has 0 aromatic heterocycles. The van der Waals surface area contributed by atoms with Crippen molar-refractivity contribution < 1.29 is 9.59 Å². The highest BCUT2D eigenvalue weighted by Gasteiger charge is 2.32. The third-order valence-electron chi connectivity index (χ3n) is 5.34. The van der Waals surface area contributed by atoms with Crippen molar-refractivity contribution in [2.24, 2.45) is 5.92 Å². The predicted molar refractivity (Wildman–Crippen MR) is 109 cm³/mol. The van der Waals surface area contributed by atoms with E-state index in [1.54, 1.807) is 30.3 Å². The molecule has 2 unspecified atom stereocenters. The summed E-state index contributed by atoms with van der Waals surface area (Å²) in [6, 6.07) is 10.7. The minimum Gasteiger partial charge on any atom is -0.398 e. The van der Waals surface area contributed by atoms with Crippen molar-refractivity contribution in [1.82, 2.24) is 0 Å². The number of benzene rings is 2. The molecule has 0 saturated heterocycles. The summed E-state index contributed by atoms with van der Waals surface area (Å²) in [6.07, 6.45) is 4.02. The Hall–Kier alpha value is -1.94. The zero-order valence-electron chi connectivity index (χ0n) is 15.2. The maximum Gasteiger partial charge on any atom is 0.196 e. The van der Waals surface area contributed by atoms with Crippen LogP contribution in [0, 0.1) is 5.92 Å². The van der Waals surface area contributed by atoms with Gasteiger partial charge >= 0.3 is 0 Å². The number of hydrogen-bond donors (Lipinski definition) is 1. The maximum atomic E-state index is 13.0. The van der Waals surface area contributed by atoms with Crippen molar-refractivity contribution >= 4 is 33.2 Å². The molecule has 1 aliphatic rings.